The lowest BCUT2D eigenvalue weighted by Crippen LogP contribution is -2.25. The fourth-order valence-electron chi connectivity index (χ4n) is 1.98. The molecule has 2 aromatic rings. The number of carbonyl (C=O) groups excluding carboxylic acids is 3. The summed E-state index contributed by atoms with van der Waals surface area (Å²) in [7, 11) is 1.28. The van der Waals surface area contributed by atoms with Gasteiger partial charge in [-0.2, -0.15) is 0 Å². The van der Waals surface area contributed by atoms with E-state index in [1.807, 2.05) is 0 Å². The molecule has 0 saturated carbocycles. The minimum Gasteiger partial charge on any atom is -0.465 e. The van der Waals surface area contributed by atoms with E-state index in [4.69, 9.17) is 0 Å². The predicted molar refractivity (Wildman–Crippen MR) is 92.5 cm³/mol. The molecular formula is C18H17N3O4. The van der Waals surface area contributed by atoms with Crippen LogP contribution in [0.25, 0.3) is 0 Å². The Labute approximate surface area is 144 Å². The average molecular weight is 339 g/mol. The molecule has 0 saturated heterocycles. The molecule has 1 aromatic carbocycles. The lowest BCUT2D eigenvalue weighted by atomic mass is 10.2. The molecule has 25 heavy (non-hydrogen) atoms. The Morgan fingerprint density at radius 2 is 1.80 bits per heavy atom. The van der Waals surface area contributed by atoms with Crippen LogP contribution < -0.4 is 10.6 Å². The molecule has 0 aliphatic rings. The second kappa shape index (κ2) is 8.39. The number of nitrogens with one attached hydrogen (secondary N) is 2. The van der Waals surface area contributed by atoms with Gasteiger partial charge < -0.3 is 15.4 Å². The fraction of sp³-hybridized carbons (Fsp3) is 0.111. The van der Waals surface area contributed by atoms with Crippen molar-refractivity contribution in [3.8, 4) is 0 Å². The first-order chi connectivity index (χ1) is 12.0. The van der Waals surface area contributed by atoms with Gasteiger partial charge in [-0.1, -0.05) is 18.2 Å². The highest BCUT2D eigenvalue weighted by atomic mass is 16.5. The lowest BCUT2D eigenvalue weighted by Gasteiger charge is -2.07. The highest BCUT2D eigenvalue weighted by Gasteiger charge is 2.13. The number of rotatable bonds is 6. The molecule has 0 atom stereocenters. The largest absolute Gasteiger partial charge is 0.465 e. The van der Waals surface area contributed by atoms with Crippen LogP contribution in [0, 0.1) is 0 Å². The van der Waals surface area contributed by atoms with Crippen molar-refractivity contribution in [2.75, 3.05) is 19.0 Å². The van der Waals surface area contributed by atoms with E-state index in [2.05, 4.69) is 26.9 Å². The molecule has 1 aromatic heterocycles. The van der Waals surface area contributed by atoms with Gasteiger partial charge in [-0.05, 0) is 30.3 Å². The van der Waals surface area contributed by atoms with Crippen LogP contribution in [0.2, 0.25) is 0 Å². The van der Waals surface area contributed by atoms with Gasteiger partial charge in [0.15, 0.2) is 0 Å². The van der Waals surface area contributed by atoms with Crippen molar-refractivity contribution in [2.45, 2.75) is 0 Å². The van der Waals surface area contributed by atoms with Crippen LogP contribution in [0.1, 0.15) is 31.3 Å². The summed E-state index contributed by atoms with van der Waals surface area (Å²) in [4.78, 5) is 39.8. The van der Waals surface area contributed by atoms with E-state index in [0.717, 1.165) is 0 Å². The number of methoxy groups -OCH3 is 1. The third-order valence-electron chi connectivity index (χ3n) is 3.16. The Morgan fingerprint density at radius 3 is 2.48 bits per heavy atom. The van der Waals surface area contributed by atoms with Gasteiger partial charge >= 0.3 is 5.97 Å². The number of anilines is 1. The molecule has 128 valence electrons. The lowest BCUT2D eigenvalue weighted by molar-refractivity contribution is 0.0600. The summed E-state index contributed by atoms with van der Waals surface area (Å²) in [6, 6.07) is 10.9. The highest BCUT2D eigenvalue weighted by molar-refractivity contribution is 6.04. The SMILES string of the molecule is C=CCNC(=O)c1cccc(C(=O)Nc2cccc(C(=O)OC)c2)n1. The molecule has 0 spiro atoms. The second-order valence-electron chi connectivity index (χ2n) is 4.93. The average Bonchev–Trinajstić information content (AvgIpc) is 2.65. The number of hydrogen-bond acceptors (Lipinski definition) is 5. The Bertz CT molecular complexity index is 817. The number of pyridine rings is 1. The van der Waals surface area contributed by atoms with Gasteiger partial charge in [-0.15, -0.1) is 6.58 Å². The zero-order valence-corrected chi connectivity index (χ0v) is 13.6. The molecule has 0 radical (unpaired) electrons. The van der Waals surface area contributed by atoms with E-state index in [1.165, 1.54) is 25.3 Å². The molecule has 7 heteroatoms. The van der Waals surface area contributed by atoms with Gasteiger partial charge in [-0.3, -0.25) is 9.59 Å². The molecule has 0 unspecified atom stereocenters. The zero-order valence-electron chi connectivity index (χ0n) is 13.6. The first-order valence-electron chi connectivity index (χ1n) is 7.41. The minimum atomic E-state index is -0.505. The Hall–Kier alpha value is -3.48. The van der Waals surface area contributed by atoms with E-state index < -0.39 is 17.8 Å². The Balaban J connectivity index is 2.14. The van der Waals surface area contributed by atoms with Crippen LogP contribution in [0.5, 0.6) is 0 Å². The van der Waals surface area contributed by atoms with Gasteiger partial charge in [0, 0.05) is 12.2 Å². The molecule has 2 amide bonds. The molecule has 1 heterocycles. The predicted octanol–water partition coefficient (Wildman–Crippen LogP) is 2.04. The number of amides is 2. The van der Waals surface area contributed by atoms with Crippen molar-refractivity contribution in [3.05, 3.63) is 72.1 Å². The normalized spacial score (nSPS) is 9.80. The van der Waals surface area contributed by atoms with E-state index in [-0.39, 0.29) is 11.4 Å². The summed E-state index contributed by atoms with van der Waals surface area (Å²) in [5.74, 6) is -1.40. The van der Waals surface area contributed by atoms with Crippen molar-refractivity contribution >= 4 is 23.5 Å². The van der Waals surface area contributed by atoms with Gasteiger partial charge in [0.05, 0.1) is 12.7 Å². The van der Waals surface area contributed by atoms with Gasteiger partial charge in [0.1, 0.15) is 11.4 Å². The molecule has 0 aliphatic carbocycles. The maximum Gasteiger partial charge on any atom is 0.337 e. The number of hydrogen-bond donors (Lipinski definition) is 2. The van der Waals surface area contributed by atoms with Crippen molar-refractivity contribution in [1.82, 2.24) is 10.3 Å². The van der Waals surface area contributed by atoms with Crippen LogP contribution in [0.4, 0.5) is 5.69 Å². The summed E-state index contributed by atoms with van der Waals surface area (Å²) in [6.45, 7) is 3.82. The smallest absolute Gasteiger partial charge is 0.337 e. The van der Waals surface area contributed by atoms with E-state index in [0.29, 0.717) is 17.8 Å². The van der Waals surface area contributed by atoms with Crippen LogP contribution in [0.15, 0.2) is 55.1 Å². The van der Waals surface area contributed by atoms with Gasteiger partial charge in [-0.25, -0.2) is 9.78 Å². The highest BCUT2D eigenvalue weighted by Crippen LogP contribution is 2.13. The molecule has 0 aliphatic heterocycles. The van der Waals surface area contributed by atoms with Crippen molar-refractivity contribution in [2.24, 2.45) is 0 Å². The molecule has 0 fully saturated rings. The van der Waals surface area contributed by atoms with Gasteiger partial charge in [0.25, 0.3) is 11.8 Å². The zero-order chi connectivity index (χ0) is 18.2. The topological polar surface area (TPSA) is 97.4 Å². The van der Waals surface area contributed by atoms with E-state index >= 15 is 0 Å². The minimum absolute atomic E-state index is 0.0784. The first kappa shape index (κ1) is 17.9. The third-order valence-corrected chi connectivity index (χ3v) is 3.16. The summed E-state index contributed by atoms with van der Waals surface area (Å²) >= 11 is 0. The molecule has 7 nitrogen and oxygen atoms in total. The fourth-order valence-corrected chi connectivity index (χ4v) is 1.98. The number of carbonyl (C=O) groups is 3. The van der Waals surface area contributed by atoms with E-state index in [9.17, 15) is 14.4 Å². The standard InChI is InChI=1S/C18H17N3O4/c1-3-10-19-16(22)14-8-5-9-15(21-14)17(23)20-13-7-4-6-12(11-13)18(24)25-2/h3-9,11H,1,10H2,2H3,(H,19,22)(H,20,23). The molecule has 2 rings (SSSR count). The number of aromatic nitrogens is 1. The first-order valence-corrected chi connectivity index (χ1v) is 7.41. The monoisotopic (exact) mass is 339 g/mol. The molecule has 0 bridgehead atoms. The van der Waals surface area contributed by atoms with Crippen LogP contribution in [0.3, 0.4) is 0 Å². The van der Waals surface area contributed by atoms with Crippen molar-refractivity contribution in [3.63, 3.8) is 0 Å². The molecular weight excluding hydrogens is 322 g/mol. The van der Waals surface area contributed by atoms with Crippen molar-refractivity contribution in [1.29, 1.82) is 0 Å². The maximum absolute atomic E-state index is 12.3. The quantitative estimate of drug-likeness (QED) is 0.620. The second-order valence-corrected chi connectivity index (χ2v) is 4.93. The summed E-state index contributed by atoms with van der Waals surface area (Å²) in [6.07, 6.45) is 1.54. The number of esters is 1. The summed E-state index contributed by atoms with van der Waals surface area (Å²) in [5.41, 5.74) is 0.926. The van der Waals surface area contributed by atoms with Crippen LogP contribution in [-0.2, 0) is 4.74 Å². The van der Waals surface area contributed by atoms with Crippen LogP contribution >= 0.6 is 0 Å². The van der Waals surface area contributed by atoms with E-state index in [1.54, 1.807) is 30.3 Å². The van der Waals surface area contributed by atoms with Crippen LogP contribution in [-0.4, -0.2) is 36.4 Å². The third kappa shape index (κ3) is 4.74. The Kier molecular flexibility index (Phi) is 6.00. The number of benzene rings is 1. The molecule has 2 N–H and O–H groups in total. The number of ether oxygens (including phenoxy) is 1. The summed E-state index contributed by atoms with van der Waals surface area (Å²) < 4.78 is 4.64. The van der Waals surface area contributed by atoms with Crippen molar-refractivity contribution < 1.29 is 19.1 Å². The van der Waals surface area contributed by atoms with Gasteiger partial charge in [0.2, 0.25) is 0 Å². The summed E-state index contributed by atoms with van der Waals surface area (Å²) in [5, 5.41) is 5.22. The maximum atomic E-state index is 12.3. The Morgan fingerprint density at radius 1 is 1.12 bits per heavy atom. The number of nitrogens with zero attached hydrogens (tertiary/aromatic N) is 1.